The summed E-state index contributed by atoms with van der Waals surface area (Å²) < 4.78 is 10.2. The van der Waals surface area contributed by atoms with Crippen LogP contribution in [0, 0.1) is 0 Å². The maximum absolute atomic E-state index is 6.49. The summed E-state index contributed by atoms with van der Waals surface area (Å²) in [5.74, 6) is 0.920. The molecule has 0 aliphatic heterocycles. The van der Waals surface area contributed by atoms with Crippen LogP contribution in [-0.4, -0.2) is 27.9 Å². The molecule has 0 radical (unpaired) electrons. The van der Waals surface area contributed by atoms with Crippen molar-refractivity contribution in [1.29, 1.82) is 0 Å². The molecule has 1 aromatic carbocycles. The van der Waals surface area contributed by atoms with Gasteiger partial charge in [0, 0.05) is 31.0 Å². The van der Waals surface area contributed by atoms with E-state index >= 15 is 0 Å². The van der Waals surface area contributed by atoms with Crippen LogP contribution in [0.2, 0.25) is 18.1 Å². The van der Waals surface area contributed by atoms with Crippen LogP contribution < -0.4 is 4.43 Å². The van der Waals surface area contributed by atoms with Crippen molar-refractivity contribution in [2.75, 3.05) is 0 Å². The molecule has 0 fully saturated rings. The maximum atomic E-state index is 6.49. The first kappa shape index (κ1) is 19.2. The second-order valence-electron chi connectivity index (χ2n) is 8.19. The molecule has 0 amide bonds. The van der Waals surface area contributed by atoms with Gasteiger partial charge in [-0.3, -0.25) is 4.68 Å². The van der Waals surface area contributed by atoms with Crippen LogP contribution in [0.1, 0.15) is 32.4 Å². The Balaban J connectivity index is 1.91. The van der Waals surface area contributed by atoms with Crippen molar-refractivity contribution in [2.45, 2.75) is 44.9 Å². The number of hydrogen-bond donors (Lipinski definition) is 0. The van der Waals surface area contributed by atoms with E-state index in [0.29, 0.717) is 0 Å². The third-order valence-electron chi connectivity index (χ3n) is 5.13. The SMILES string of the molecule is CC(C)(C)[Si](C)(C)Oc1cccc(C(/C=C/n2cccn2)n2cccn2)c1. The summed E-state index contributed by atoms with van der Waals surface area (Å²) in [5.41, 5.74) is 1.12. The fraction of sp³-hybridized carbons (Fsp3) is 0.333. The lowest BCUT2D eigenvalue weighted by molar-refractivity contribution is 0.490. The normalized spacial score (nSPS) is 13.8. The van der Waals surface area contributed by atoms with E-state index in [1.165, 1.54) is 0 Å². The summed E-state index contributed by atoms with van der Waals surface area (Å²) in [6.45, 7) is 11.3. The number of rotatable bonds is 6. The largest absolute Gasteiger partial charge is 0.543 e. The lowest BCUT2D eigenvalue weighted by atomic mass is 10.1. The van der Waals surface area contributed by atoms with Crippen LogP contribution in [0.3, 0.4) is 0 Å². The number of nitrogens with zero attached hydrogens (tertiary/aromatic N) is 4. The highest BCUT2D eigenvalue weighted by molar-refractivity contribution is 6.74. The van der Waals surface area contributed by atoms with Crippen LogP contribution in [-0.2, 0) is 0 Å². The van der Waals surface area contributed by atoms with Crippen LogP contribution in [0.15, 0.2) is 67.3 Å². The molecule has 1 atom stereocenters. The minimum Gasteiger partial charge on any atom is -0.543 e. The zero-order valence-corrected chi connectivity index (χ0v) is 17.7. The molecule has 1 unspecified atom stereocenters. The summed E-state index contributed by atoms with van der Waals surface area (Å²) in [5, 5.41) is 8.83. The number of hydrogen-bond acceptors (Lipinski definition) is 3. The van der Waals surface area contributed by atoms with Gasteiger partial charge in [0.1, 0.15) is 5.75 Å². The van der Waals surface area contributed by atoms with E-state index in [9.17, 15) is 0 Å². The smallest absolute Gasteiger partial charge is 0.250 e. The Morgan fingerprint density at radius 3 is 2.41 bits per heavy atom. The van der Waals surface area contributed by atoms with E-state index in [1.807, 2.05) is 41.5 Å². The molecular formula is C21H28N4OSi. The highest BCUT2D eigenvalue weighted by atomic mass is 28.4. The van der Waals surface area contributed by atoms with E-state index in [-0.39, 0.29) is 11.1 Å². The van der Waals surface area contributed by atoms with Gasteiger partial charge in [-0.2, -0.15) is 10.2 Å². The van der Waals surface area contributed by atoms with Gasteiger partial charge in [0.15, 0.2) is 0 Å². The molecule has 0 N–H and O–H groups in total. The predicted molar refractivity (Wildman–Crippen MR) is 112 cm³/mol. The first-order chi connectivity index (χ1) is 12.8. The molecule has 0 saturated carbocycles. The Hall–Kier alpha value is -2.60. The second kappa shape index (κ2) is 7.56. The zero-order chi connectivity index (χ0) is 19.5. The van der Waals surface area contributed by atoms with Crippen LogP contribution in [0.5, 0.6) is 5.75 Å². The predicted octanol–water partition coefficient (Wildman–Crippen LogP) is 5.22. The molecule has 142 valence electrons. The molecule has 3 aromatic rings. The second-order valence-corrected chi connectivity index (χ2v) is 12.9. The molecule has 0 aliphatic carbocycles. The van der Waals surface area contributed by atoms with Gasteiger partial charge in [-0.25, -0.2) is 4.68 Å². The summed E-state index contributed by atoms with van der Waals surface area (Å²) in [6, 6.07) is 12.1. The van der Waals surface area contributed by atoms with Crippen molar-refractivity contribution in [3.63, 3.8) is 0 Å². The third-order valence-corrected chi connectivity index (χ3v) is 9.49. The molecular weight excluding hydrogens is 352 g/mol. The molecule has 0 bridgehead atoms. The number of benzene rings is 1. The van der Waals surface area contributed by atoms with Crippen molar-refractivity contribution in [3.05, 3.63) is 72.8 Å². The van der Waals surface area contributed by atoms with Gasteiger partial charge in [0.05, 0.1) is 6.04 Å². The summed E-state index contributed by atoms with van der Waals surface area (Å²) in [7, 11) is -1.89. The fourth-order valence-electron chi connectivity index (χ4n) is 2.55. The molecule has 0 spiro atoms. The van der Waals surface area contributed by atoms with E-state index in [0.717, 1.165) is 11.3 Å². The first-order valence-corrected chi connectivity index (χ1v) is 12.1. The van der Waals surface area contributed by atoms with E-state index in [4.69, 9.17) is 4.43 Å². The quantitative estimate of drug-likeness (QED) is 0.550. The third kappa shape index (κ3) is 4.57. The highest BCUT2D eigenvalue weighted by Gasteiger charge is 2.39. The molecule has 6 heteroatoms. The van der Waals surface area contributed by atoms with Crippen molar-refractivity contribution < 1.29 is 4.43 Å². The minimum absolute atomic E-state index is 0.0350. The van der Waals surface area contributed by atoms with Gasteiger partial charge in [-0.15, -0.1) is 0 Å². The van der Waals surface area contributed by atoms with Crippen molar-refractivity contribution in [2.24, 2.45) is 0 Å². The molecule has 3 rings (SSSR count). The van der Waals surface area contributed by atoms with Crippen molar-refractivity contribution >= 4 is 14.5 Å². The van der Waals surface area contributed by atoms with E-state index in [2.05, 4.69) is 68.3 Å². The maximum Gasteiger partial charge on any atom is 0.250 e. The Bertz CT molecular complexity index is 877. The van der Waals surface area contributed by atoms with Crippen molar-refractivity contribution in [1.82, 2.24) is 19.6 Å². The molecule has 0 saturated heterocycles. The Morgan fingerprint density at radius 1 is 1.04 bits per heavy atom. The standard InChI is InChI=1S/C21H28N4OSi/c1-21(2,3)27(4,5)26-19-10-6-9-18(17-19)20(25-15-8-13-23-25)11-16-24-14-7-12-22-24/h6-17,20H,1-5H3/b16-11+. The molecule has 5 nitrogen and oxygen atoms in total. The minimum atomic E-state index is -1.89. The number of allylic oxidation sites excluding steroid dienone is 1. The van der Waals surface area contributed by atoms with Crippen LogP contribution >= 0.6 is 0 Å². The topological polar surface area (TPSA) is 44.9 Å². The molecule has 27 heavy (non-hydrogen) atoms. The Morgan fingerprint density at radius 2 is 1.78 bits per heavy atom. The lowest BCUT2D eigenvalue weighted by Crippen LogP contribution is -2.43. The van der Waals surface area contributed by atoms with E-state index in [1.54, 1.807) is 17.1 Å². The molecule has 2 heterocycles. The van der Waals surface area contributed by atoms with Gasteiger partial charge in [-0.1, -0.05) is 32.9 Å². The summed E-state index contributed by atoms with van der Waals surface area (Å²) >= 11 is 0. The van der Waals surface area contributed by atoms with Crippen LogP contribution in [0.4, 0.5) is 0 Å². The van der Waals surface area contributed by atoms with Gasteiger partial charge >= 0.3 is 0 Å². The number of aromatic nitrogens is 4. The molecule has 0 aliphatic rings. The van der Waals surface area contributed by atoms with Gasteiger partial charge in [0.25, 0.3) is 0 Å². The van der Waals surface area contributed by atoms with E-state index < -0.39 is 8.32 Å². The fourth-order valence-corrected chi connectivity index (χ4v) is 3.57. The average molecular weight is 381 g/mol. The van der Waals surface area contributed by atoms with Gasteiger partial charge in [0.2, 0.25) is 8.32 Å². The zero-order valence-electron chi connectivity index (χ0n) is 16.7. The Kier molecular flexibility index (Phi) is 5.37. The average Bonchev–Trinajstić information content (AvgIpc) is 3.27. The Labute approximate surface area is 162 Å². The summed E-state index contributed by atoms with van der Waals surface area (Å²) in [4.78, 5) is 0. The van der Waals surface area contributed by atoms with Gasteiger partial charge < -0.3 is 4.43 Å². The van der Waals surface area contributed by atoms with Gasteiger partial charge in [-0.05, 0) is 54.0 Å². The monoisotopic (exact) mass is 380 g/mol. The molecule has 2 aromatic heterocycles. The van der Waals surface area contributed by atoms with Crippen LogP contribution in [0.25, 0.3) is 6.20 Å². The lowest BCUT2D eigenvalue weighted by Gasteiger charge is -2.36. The first-order valence-electron chi connectivity index (χ1n) is 9.22. The van der Waals surface area contributed by atoms with Crippen molar-refractivity contribution in [3.8, 4) is 5.75 Å². The highest BCUT2D eigenvalue weighted by Crippen LogP contribution is 2.37. The summed E-state index contributed by atoms with van der Waals surface area (Å²) in [6.07, 6.45) is 11.5.